The molecule has 4 aromatic rings. The zero-order chi connectivity index (χ0) is 22.9. The first-order chi connectivity index (χ1) is 16.0. The third-order valence-electron chi connectivity index (χ3n) is 6.34. The van der Waals surface area contributed by atoms with Gasteiger partial charge in [-0.3, -0.25) is 4.68 Å². The molecule has 8 heteroatoms. The fourth-order valence-electron chi connectivity index (χ4n) is 4.24. The van der Waals surface area contributed by atoms with Crippen LogP contribution in [0.2, 0.25) is 0 Å². The van der Waals surface area contributed by atoms with E-state index in [4.69, 9.17) is 14.7 Å². The first-order valence-electron chi connectivity index (χ1n) is 11.2. The maximum Gasteiger partial charge on any atom is 0.229 e. The average molecular weight is 444 g/mol. The van der Waals surface area contributed by atoms with E-state index in [0.29, 0.717) is 0 Å². The Bertz CT molecular complexity index is 1290. The zero-order valence-corrected chi connectivity index (χ0v) is 19.5. The van der Waals surface area contributed by atoms with Crippen molar-refractivity contribution in [3.63, 3.8) is 0 Å². The van der Waals surface area contributed by atoms with Crippen LogP contribution in [0.15, 0.2) is 48.7 Å². The monoisotopic (exact) mass is 443 g/mol. The van der Waals surface area contributed by atoms with Crippen LogP contribution in [0.5, 0.6) is 5.75 Å². The number of fused-ring (bicyclic) bond motifs is 1. The van der Waals surface area contributed by atoms with Gasteiger partial charge >= 0.3 is 0 Å². The maximum absolute atomic E-state index is 5.55. The molecule has 3 heterocycles. The average Bonchev–Trinajstić information content (AvgIpc) is 3.22. The van der Waals surface area contributed by atoms with Crippen molar-refractivity contribution in [3.8, 4) is 5.75 Å². The number of ether oxygens (including phenoxy) is 1. The van der Waals surface area contributed by atoms with Gasteiger partial charge in [0, 0.05) is 38.9 Å². The minimum atomic E-state index is 0.720. The molecule has 0 aliphatic carbocycles. The summed E-state index contributed by atoms with van der Waals surface area (Å²) >= 11 is 0. The van der Waals surface area contributed by atoms with Gasteiger partial charge in [-0.15, -0.1) is 0 Å². The number of rotatable bonds is 5. The number of methoxy groups -OCH3 is 1. The van der Waals surface area contributed by atoms with Crippen LogP contribution < -0.4 is 19.9 Å². The molecule has 0 amide bonds. The Balaban J connectivity index is 1.42. The van der Waals surface area contributed by atoms with E-state index in [-0.39, 0.29) is 0 Å². The Labute approximate surface area is 193 Å². The smallest absolute Gasteiger partial charge is 0.229 e. The highest BCUT2D eigenvalue weighted by Gasteiger charge is 2.23. The molecule has 1 N–H and O–H groups in total. The number of benzene rings is 2. The summed E-state index contributed by atoms with van der Waals surface area (Å²) in [6.45, 7) is 7.62. The van der Waals surface area contributed by atoms with E-state index in [1.54, 1.807) is 11.8 Å². The van der Waals surface area contributed by atoms with Crippen LogP contribution in [0, 0.1) is 13.8 Å². The van der Waals surface area contributed by atoms with Crippen LogP contribution >= 0.6 is 0 Å². The van der Waals surface area contributed by atoms with E-state index >= 15 is 0 Å². The number of aryl methyl sites for hydroxylation is 3. The highest BCUT2D eigenvalue weighted by Crippen LogP contribution is 2.30. The minimum Gasteiger partial charge on any atom is -0.495 e. The predicted octanol–water partition coefficient (Wildman–Crippen LogP) is 4.06. The van der Waals surface area contributed by atoms with Crippen LogP contribution in [0.1, 0.15) is 11.1 Å². The van der Waals surface area contributed by atoms with Crippen molar-refractivity contribution in [2.75, 3.05) is 48.4 Å². The van der Waals surface area contributed by atoms with Gasteiger partial charge in [0.1, 0.15) is 11.6 Å². The topological polar surface area (TPSA) is 71.3 Å². The largest absolute Gasteiger partial charge is 0.495 e. The molecule has 5 rings (SSSR count). The third-order valence-corrected chi connectivity index (χ3v) is 6.34. The van der Waals surface area contributed by atoms with Crippen molar-refractivity contribution >= 4 is 34.2 Å². The van der Waals surface area contributed by atoms with Crippen LogP contribution in [0.3, 0.4) is 0 Å². The molecule has 0 unspecified atom stereocenters. The fourth-order valence-corrected chi connectivity index (χ4v) is 4.24. The molecular formula is C25H29N7O. The number of hydrogen-bond acceptors (Lipinski definition) is 7. The summed E-state index contributed by atoms with van der Waals surface area (Å²) < 4.78 is 7.36. The lowest BCUT2D eigenvalue weighted by atomic mass is 10.1. The summed E-state index contributed by atoms with van der Waals surface area (Å²) in [6, 6.07) is 14.5. The van der Waals surface area contributed by atoms with Crippen LogP contribution in [0.25, 0.3) is 11.0 Å². The Hall–Kier alpha value is -3.81. The fraction of sp³-hybridized carbons (Fsp3) is 0.320. The molecule has 170 valence electrons. The lowest BCUT2D eigenvalue weighted by Gasteiger charge is -2.36. The molecule has 0 spiro atoms. The van der Waals surface area contributed by atoms with Crippen molar-refractivity contribution in [2.45, 2.75) is 13.8 Å². The normalized spacial score (nSPS) is 14.1. The van der Waals surface area contributed by atoms with Crippen molar-refractivity contribution in [1.29, 1.82) is 0 Å². The Morgan fingerprint density at radius 1 is 0.909 bits per heavy atom. The second kappa shape index (κ2) is 8.61. The molecule has 2 aromatic heterocycles. The number of anilines is 4. The Kier molecular flexibility index (Phi) is 5.50. The Morgan fingerprint density at radius 2 is 1.67 bits per heavy atom. The van der Waals surface area contributed by atoms with Gasteiger partial charge in [0.25, 0.3) is 0 Å². The molecule has 33 heavy (non-hydrogen) atoms. The molecule has 1 saturated heterocycles. The molecule has 1 aliphatic heterocycles. The minimum absolute atomic E-state index is 0.720. The third kappa shape index (κ3) is 4.04. The van der Waals surface area contributed by atoms with Gasteiger partial charge in [-0.2, -0.15) is 15.1 Å². The molecule has 8 nitrogen and oxygen atoms in total. The molecule has 1 fully saturated rings. The van der Waals surface area contributed by atoms with E-state index in [1.807, 2.05) is 25.4 Å². The van der Waals surface area contributed by atoms with Crippen LogP contribution in [0.4, 0.5) is 23.1 Å². The number of piperazine rings is 1. The predicted molar refractivity (Wildman–Crippen MR) is 133 cm³/mol. The molecule has 0 atom stereocenters. The van der Waals surface area contributed by atoms with E-state index in [2.05, 4.69) is 64.4 Å². The van der Waals surface area contributed by atoms with Gasteiger partial charge in [-0.1, -0.05) is 18.2 Å². The van der Waals surface area contributed by atoms with Crippen LogP contribution in [-0.2, 0) is 7.05 Å². The second-order valence-electron chi connectivity index (χ2n) is 8.45. The summed E-state index contributed by atoms with van der Waals surface area (Å²) in [5.41, 5.74) is 5.46. The lowest BCUT2D eigenvalue weighted by molar-refractivity contribution is 0.413. The van der Waals surface area contributed by atoms with Crippen molar-refractivity contribution < 1.29 is 4.74 Å². The standard InChI is InChI=1S/C25H29N7O/c1-17-9-10-19(15-18(17)2)27-23-20-16-26-30(3)24(20)29-25(28-23)32-13-11-31(12-14-32)21-7-5-6-8-22(21)33-4/h5-10,15-16H,11-14H2,1-4H3,(H,27,28,29). The molecular weight excluding hydrogens is 414 g/mol. The van der Waals surface area contributed by atoms with E-state index in [9.17, 15) is 0 Å². The van der Waals surface area contributed by atoms with Gasteiger partial charge in [0.2, 0.25) is 5.95 Å². The first kappa shape index (κ1) is 21.1. The van der Waals surface area contributed by atoms with Crippen molar-refractivity contribution in [1.82, 2.24) is 19.7 Å². The molecule has 1 aliphatic rings. The number of nitrogens with one attached hydrogen (secondary N) is 1. The summed E-state index contributed by atoms with van der Waals surface area (Å²) in [6.07, 6.45) is 1.82. The lowest BCUT2D eigenvalue weighted by Crippen LogP contribution is -2.47. The SMILES string of the molecule is COc1ccccc1N1CCN(c2nc(Nc3ccc(C)c(C)c3)c3cnn(C)c3n2)CC1. The quantitative estimate of drug-likeness (QED) is 0.499. The van der Waals surface area contributed by atoms with Crippen molar-refractivity contribution in [2.24, 2.45) is 7.05 Å². The van der Waals surface area contributed by atoms with Crippen molar-refractivity contribution in [3.05, 3.63) is 59.8 Å². The highest BCUT2D eigenvalue weighted by molar-refractivity contribution is 5.89. The van der Waals surface area contributed by atoms with Gasteiger partial charge in [-0.05, 0) is 49.2 Å². The molecule has 2 aromatic carbocycles. The zero-order valence-electron chi connectivity index (χ0n) is 19.5. The second-order valence-corrected chi connectivity index (χ2v) is 8.45. The van der Waals surface area contributed by atoms with Gasteiger partial charge in [-0.25, -0.2) is 0 Å². The highest BCUT2D eigenvalue weighted by atomic mass is 16.5. The maximum atomic E-state index is 5.55. The van der Waals surface area contributed by atoms with E-state index in [0.717, 1.165) is 66.1 Å². The first-order valence-corrected chi connectivity index (χ1v) is 11.2. The summed E-state index contributed by atoms with van der Waals surface area (Å²) in [4.78, 5) is 14.4. The Morgan fingerprint density at radius 3 is 2.42 bits per heavy atom. The van der Waals surface area contributed by atoms with Gasteiger partial charge < -0.3 is 19.9 Å². The molecule has 0 bridgehead atoms. The number of para-hydroxylation sites is 2. The number of nitrogens with zero attached hydrogens (tertiary/aromatic N) is 6. The van der Waals surface area contributed by atoms with Crippen LogP contribution in [-0.4, -0.2) is 53.0 Å². The van der Waals surface area contributed by atoms with E-state index < -0.39 is 0 Å². The van der Waals surface area contributed by atoms with Gasteiger partial charge in [0.05, 0.1) is 24.4 Å². The molecule has 0 saturated carbocycles. The number of hydrogen-bond donors (Lipinski definition) is 1. The van der Waals surface area contributed by atoms with E-state index in [1.165, 1.54) is 11.1 Å². The molecule has 0 radical (unpaired) electrons. The van der Waals surface area contributed by atoms with Gasteiger partial charge in [0.15, 0.2) is 5.65 Å². The summed E-state index contributed by atoms with van der Waals surface area (Å²) in [5.74, 6) is 2.40. The number of aromatic nitrogens is 4. The summed E-state index contributed by atoms with van der Waals surface area (Å²) in [7, 11) is 3.63. The summed E-state index contributed by atoms with van der Waals surface area (Å²) in [5, 5.41) is 8.83.